The molecule has 3 rings (SSSR count). The van der Waals surface area contributed by atoms with Crippen LogP contribution >= 0.6 is 0 Å². The molecule has 0 radical (unpaired) electrons. The molecule has 0 aromatic heterocycles. The lowest BCUT2D eigenvalue weighted by Crippen LogP contribution is -2.44. The Morgan fingerprint density at radius 2 is 1.52 bits per heavy atom. The van der Waals surface area contributed by atoms with Crippen molar-refractivity contribution in [1.82, 2.24) is 5.32 Å². The summed E-state index contributed by atoms with van der Waals surface area (Å²) >= 11 is 0. The number of aliphatic carboxylic acids is 1. The smallest absolute Gasteiger partial charge is 0.407 e. The van der Waals surface area contributed by atoms with Gasteiger partial charge in [-0.2, -0.15) is 0 Å². The van der Waals surface area contributed by atoms with E-state index in [0.29, 0.717) is 0 Å². The predicted octanol–water partition coefficient (Wildman–Crippen LogP) is 4.27. The third-order valence-corrected chi connectivity index (χ3v) is 5.23. The van der Waals surface area contributed by atoms with Crippen LogP contribution in [0.25, 0.3) is 11.1 Å². The van der Waals surface area contributed by atoms with Gasteiger partial charge in [0.1, 0.15) is 6.61 Å². The van der Waals surface area contributed by atoms with Gasteiger partial charge in [-0.05, 0) is 35.1 Å². The van der Waals surface area contributed by atoms with Crippen LogP contribution in [-0.4, -0.2) is 29.8 Å². The van der Waals surface area contributed by atoms with E-state index in [1.54, 1.807) is 6.92 Å². The molecule has 2 aromatic carbocycles. The van der Waals surface area contributed by atoms with Gasteiger partial charge in [0.2, 0.25) is 0 Å². The Kier molecular flexibility index (Phi) is 5.49. The van der Waals surface area contributed by atoms with Gasteiger partial charge in [0.15, 0.2) is 0 Å². The van der Waals surface area contributed by atoms with Crippen LogP contribution in [0.5, 0.6) is 0 Å². The number of benzene rings is 2. The van der Waals surface area contributed by atoms with E-state index in [2.05, 4.69) is 29.6 Å². The average molecular weight is 367 g/mol. The minimum atomic E-state index is -0.920. The van der Waals surface area contributed by atoms with Crippen molar-refractivity contribution < 1.29 is 19.4 Å². The normalized spacial score (nSPS) is 15.0. The van der Waals surface area contributed by atoms with Gasteiger partial charge in [0.25, 0.3) is 0 Å². The number of alkyl carbamates (subject to hydrolysis) is 1. The highest BCUT2D eigenvalue weighted by Crippen LogP contribution is 2.44. The molecule has 2 N–H and O–H groups in total. The highest BCUT2D eigenvalue weighted by atomic mass is 16.5. The third-order valence-electron chi connectivity index (χ3n) is 5.23. The largest absolute Gasteiger partial charge is 0.481 e. The zero-order valence-electron chi connectivity index (χ0n) is 15.8. The first kappa shape index (κ1) is 19.0. The summed E-state index contributed by atoms with van der Waals surface area (Å²) in [5.74, 6) is -1.69. The first-order valence-corrected chi connectivity index (χ1v) is 9.24. The van der Waals surface area contributed by atoms with E-state index in [-0.39, 0.29) is 18.4 Å². The van der Waals surface area contributed by atoms with Crippen LogP contribution in [0.4, 0.5) is 4.79 Å². The number of carbonyl (C=O) groups is 2. The number of carboxylic acids is 1. The number of amides is 1. The average Bonchev–Trinajstić information content (AvgIpc) is 2.93. The molecular weight excluding hydrogens is 342 g/mol. The molecule has 0 heterocycles. The van der Waals surface area contributed by atoms with E-state index in [0.717, 1.165) is 11.1 Å². The minimum absolute atomic E-state index is 0.0150. The molecule has 0 saturated heterocycles. The van der Waals surface area contributed by atoms with Gasteiger partial charge in [-0.3, -0.25) is 4.79 Å². The van der Waals surface area contributed by atoms with Crippen LogP contribution in [-0.2, 0) is 9.53 Å². The molecule has 2 atom stereocenters. The summed E-state index contributed by atoms with van der Waals surface area (Å²) in [6.07, 6.45) is -0.587. The van der Waals surface area contributed by atoms with Crippen LogP contribution in [0.2, 0.25) is 0 Å². The molecule has 2 aromatic rings. The quantitative estimate of drug-likeness (QED) is 0.799. The zero-order chi connectivity index (χ0) is 19.6. The number of hydrogen-bond donors (Lipinski definition) is 2. The van der Waals surface area contributed by atoms with Crippen LogP contribution in [0, 0.1) is 11.8 Å². The SMILES string of the molecule is CC(C)C(C(=O)O)C(C)NC(=O)OCC1c2ccccc2-c2ccccc21. The van der Waals surface area contributed by atoms with Crippen molar-refractivity contribution in [3.8, 4) is 11.1 Å². The molecule has 0 aliphatic heterocycles. The molecule has 2 unspecified atom stereocenters. The Balaban J connectivity index is 1.68. The lowest BCUT2D eigenvalue weighted by molar-refractivity contribution is -0.144. The van der Waals surface area contributed by atoms with E-state index in [1.165, 1.54) is 11.1 Å². The zero-order valence-corrected chi connectivity index (χ0v) is 15.8. The van der Waals surface area contributed by atoms with Gasteiger partial charge in [-0.1, -0.05) is 62.4 Å². The Morgan fingerprint density at radius 3 is 2.00 bits per heavy atom. The van der Waals surface area contributed by atoms with E-state index >= 15 is 0 Å². The molecule has 5 nitrogen and oxygen atoms in total. The third kappa shape index (κ3) is 3.82. The number of nitrogens with one attached hydrogen (secondary N) is 1. The summed E-state index contributed by atoms with van der Waals surface area (Å²) in [7, 11) is 0. The molecular formula is C22H25NO4. The summed E-state index contributed by atoms with van der Waals surface area (Å²) < 4.78 is 5.48. The molecule has 1 aliphatic rings. The van der Waals surface area contributed by atoms with E-state index in [1.807, 2.05) is 38.1 Å². The Bertz CT molecular complexity index is 800. The van der Waals surface area contributed by atoms with Gasteiger partial charge in [0.05, 0.1) is 5.92 Å². The molecule has 142 valence electrons. The molecule has 5 heteroatoms. The number of ether oxygens (including phenoxy) is 1. The van der Waals surface area contributed by atoms with Gasteiger partial charge in [0, 0.05) is 12.0 Å². The Morgan fingerprint density at radius 1 is 1.00 bits per heavy atom. The first-order valence-electron chi connectivity index (χ1n) is 9.24. The summed E-state index contributed by atoms with van der Waals surface area (Å²) in [6.45, 7) is 5.57. The molecule has 1 aliphatic carbocycles. The lowest BCUT2D eigenvalue weighted by atomic mass is 9.89. The van der Waals surface area contributed by atoms with Crippen molar-refractivity contribution in [2.45, 2.75) is 32.7 Å². The first-order chi connectivity index (χ1) is 12.9. The van der Waals surface area contributed by atoms with E-state index in [9.17, 15) is 14.7 Å². The number of rotatable bonds is 6. The number of carbonyl (C=O) groups excluding carboxylic acids is 1. The van der Waals surface area contributed by atoms with Crippen molar-refractivity contribution in [2.24, 2.45) is 11.8 Å². The molecule has 0 spiro atoms. The summed E-state index contributed by atoms with van der Waals surface area (Å²) in [6, 6.07) is 15.7. The maximum Gasteiger partial charge on any atom is 0.407 e. The van der Waals surface area contributed by atoms with Crippen LogP contribution in [0.1, 0.15) is 37.8 Å². The molecule has 0 bridgehead atoms. The number of hydrogen-bond acceptors (Lipinski definition) is 3. The second-order valence-electron chi connectivity index (χ2n) is 7.37. The van der Waals surface area contributed by atoms with E-state index < -0.39 is 24.0 Å². The molecule has 27 heavy (non-hydrogen) atoms. The van der Waals surface area contributed by atoms with Gasteiger partial charge < -0.3 is 15.2 Å². The fourth-order valence-corrected chi connectivity index (χ4v) is 3.99. The Labute approximate surface area is 159 Å². The minimum Gasteiger partial charge on any atom is -0.481 e. The van der Waals surface area contributed by atoms with Gasteiger partial charge in [-0.25, -0.2) is 4.79 Å². The topological polar surface area (TPSA) is 75.6 Å². The lowest BCUT2D eigenvalue weighted by Gasteiger charge is -2.24. The highest BCUT2D eigenvalue weighted by molar-refractivity contribution is 5.79. The molecule has 0 fully saturated rings. The van der Waals surface area contributed by atoms with Crippen molar-refractivity contribution in [3.63, 3.8) is 0 Å². The van der Waals surface area contributed by atoms with E-state index in [4.69, 9.17) is 4.74 Å². The second kappa shape index (κ2) is 7.82. The maximum absolute atomic E-state index is 12.3. The van der Waals surface area contributed by atoms with Crippen LogP contribution < -0.4 is 5.32 Å². The van der Waals surface area contributed by atoms with Crippen molar-refractivity contribution in [2.75, 3.05) is 6.61 Å². The highest BCUT2D eigenvalue weighted by Gasteiger charge is 2.31. The number of fused-ring (bicyclic) bond motifs is 3. The van der Waals surface area contributed by atoms with Crippen molar-refractivity contribution in [1.29, 1.82) is 0 Å². The summed E-state index contributed by atoms with van der Waals surface area (Å²) in [5.41, 5.74) is 4.62. The monoisotopic (exact) mass is 367 g/mol. The van der Waals surface area contributed by atoms with Gasteiger partial charge >= 0.3 is 12.1 Å². The fourth-order valence-electron chi connectivity index (χ4n) is 3.99. The predicted molar refractivity (Wildman–Crippen MR) is 104 cm³/mol. The molecule has 1 amide bonds. The summed E-state index contributed by atoms with van der Waals surface area (Å²) in [4.78, 5) is 23.7. The second-order valence-corrected chi connectivity index (χ2v) is 7.37. The Hall–Kier alpha value is -2.82. The van der Waals surface area contributed by atoms with Crippen molar-refractivity contribution >= 4 is 12.1 Å². The standard InChI is InChI=1S/C22H25NO4/c1-13(2)20(21(24)25)14(3)23-22(26)27-12-19-17-10-6-4-8-15(17)16-9-5-7-11-18(16)19/h4-11,13-14,19-20H,12H2,1-3H3,(H,23,26)(H,24,25). The van der Waals surface area contributed by atoms with Crippen LogP contribution in [0.15, 0.2) is 48.5 Å². The van der Waals surface area contributed by atoms with Crippen LogP contribution in [0.3, 0.4) is 0 Å². The van der Waals surface area contributed by atoms with Crippen molar-refractivity contribution in [3.05, 3.63) is 59.7 Å². The summed E-state index contributed by atoms with van der Waals surface area (Å²) in [5, 5.41) is 12.0. The molecule has 0 saturated carbocycles. The fraction of sp³-hybridized carbons (Fsp3) is 0.364. The maximum atomic E-state index is 12.3. The van der Waals surface area contributed by atoms with Gasteiger partial charge in [-0.15, -0.1) is 0 Å². The number of carboxylic acid groups (broad SMARTS) is 1.